The van der Waals surface area contributed by atoms with Crippen LogP contribution in [-0.2, 0) is 4.79 Å². The highest BCUT2D eigenvalue weighted by Crippen LogP contribution is 2.16. The minimum atomic E-state index is -0.389. The lowest BCUT2D eigenvalue weighted by Crippen LogP contribution is -2.43. The minimum absolute atomic E-state index is 0.0315. The Labute approximate surface area is 98.6 Å². The fraction of sp³-hybridized carbons (Fsp3) is 0.917. The maximum atomic E-state index is 11.3. The predicted octanol–water partition coefficient (Wildman–Crippen LogP) is 0.572. The molecule has 0 aliphatic carbocycles. The van der Waals surface area contributed by atoms with Gasteiger partial charge in [-0.1, -0.05) is 6.92 Å². The number of piperidine rings is 1. The number of likely N-dealkylation sites (tertiary alicyclic amines) is 1. The molecule has 0 saturated carbocycles. The summed E-state index contributed by atoms with van der Waals surface area (Å²) in [5.74, 6) is 0.604. The lowest BCUT2D eigenvalue weighted by Gasteiger charge is -2.31. The highest BCUT2D eigenvalue weighted by molar-refractivity contribution is 5.80. The van der Waals surface area contributed by atoms with Gasteiger partial charge in [0.2, 0.25) is 5.91 Å². The minimum Gasteiger partial charge on any atom is -0.354 e. The molecule has 1 unspecified atom stereocenters. The van der Waals surface area contributed by atoms with Crippen LogP contribution in [0.3, 0.4) is 0 Å². The average Bonchev–Trinajstić information content (AvgIpc) is 2.28. The van der Waals surface area contributed by atoms with E-state index in [1.807, 2.05) is 0 Å². The Morgan fingerprint density at radius 3 is 2.62 bits per heavy atom. The number of hydrogen-bond acceptors (Lipinski definition) is 3. The van der Waals surface area contributed by atoms with E-state index >= 15 is 0 Å². The van der Waals surface area contributed by atoms with Gasteiger partial charge in [-0.25, -0.2) is 0 Å². The number of hydrogen-bond donors (Lipinski definition) is 2. The molecule has 0 spiro atoms. The summed E-state index contributed by atoms with van der Waals surface area (Å²) in [6.45, 7) is 8.28. The molecule has 1 amide bonds. The summed E-state index contributed by atoms with van der Waals surface area (Å²) < 4.78 is 0. The number of nitrogens with one attached hydrogen (secondary N) is 1. The van der Waals surface area contributed by atoms with Gasteiger partial charge in [-0.3, -0.25) is 4.79 Å². The van der Waals surface area contributed by atoms with Crippen molar-refractivity contribution in [2.75, 3.05) is 26.2 Å². The smallest absolute Gasteiger partial charge is 0.236 e. The summed E-state index contributed by atoms with van der Waals surface area (Å²) in [7, 11) is 0. The first-order valence-electron chi connectivity index (χ1n) is 6.39. The van der Waals surface area contributed by atoms with Gasteiger partial charge in [0.25, 0.3) is 0 Å². The van der Waals surface area contributed by atoms with Crippen molar-refractivity contribution in [3.63, 3.8) is 0 Å². The molecule has 1 heterocycles. The molecule has 1 fully saturated rings. The standard InChI is InChI=1S/C12H25N3O/c1-3-6-15-7-4-11(5-8-15)9-14-12(16)10(2)13/h10-11H,3-9,13H2,1-2H3,(H,14,16). The zero-order valence-electron chi connectivity index (χ0n) is 10.5. The van der Waals surface area contributed by atoms with Gasteiger partial charge in [-0.05, 0) is 51.7 Å². The molecule has 1 rings (SSSR count). The fourth-order valence-corrected chi connectivity index (χ4v) is 2.14. The molecular weight excluding hydrogens is 202 g/mol. The van der Waals surface area contributed by atoms with Crippen molar-refractivity contribution < 1.29 is 4.79 Å². The number of nitrogens with zero attached hydrogens (tertiary/aromatic N) is 1. The summed E-state index contributed by atoms with van der Waals surface area (Å²) in [6, 6.07) is -0.389. The lowest BCUT2D eigenvalue weighted by atomic mass is 9.96. The maximum Gasteiger partial charge on any atom is 0.236 e. The third kappa shape index (κ3) is 4.49. The van der Waals surface area contributed by atoms with Gasteiger partial charge >= 0.3 is 0 Å². The molecular formula is C12H25N3O. The van der Waals surface area contributed by atoms with E-state index in [4.69, 9.17) is 5.73 Å². The van der Waals surface area contributed by atoms with E-state index in [2.05, 4.69) is 17.1 Å². The summed E-state index contributed by atoms with van der Waals surface area (Å²) in [5, 5.41) is 2.92. The number of carbonyl (C=O) groups excluding carboxylic acids is 1. The summed E-state index contributed by atoms with van der Waals surface area (Å²) in [5.41, 5.74) is 5.49. The zero-order valence-corrected chi connectivity index (χ0v) is 10.5. The van der Waals surface area contributed by atoms with E-state index < -0.39 is 0 Å². The molecule has 0 aromatic carbocycles. The van der Waals surface area contributed by atoms with Crippen LogP contribution in [0.1, 0.15) is 33.1 Å². The van der Waals surface area contributed by atoms with E-state index in [0.29, 0.717) is 5.92 Å². The molecule has 16 heavy (non-hydrogen) atoms. The third-order valence-corrected chi connectivity index (χ3v) is 3.23. The molecule has 3 N–H and O–H groups in total. The van der Waals surface area contributed by atoms with Crippen LogP contribution in [0, 0.1) is 5.92 Å². The molecule has 0 aromatic heterocycles. The first-order chi connectivity index (χ1) is 7.63. The molecule has 1 aliphatic heterocycles. The van der Waals surface area contributed by atoms with Gasteiger partial charge in [-0.2, -0.15) is 0 Å². The van der Waals surface area contributed by atoms with Crippen molar-refractivity contribution in [2.45, 2.75) is 39.2 Å². The molecule has 1 saturated heterocycles. The fourth-order valence-electron chi connectivity index (χ4n) is 2.14. The first kappa shape index (κ1) is 13.5. The molecule has 94 valence electrons. The highest BCUT2D eigenvalue weighted by Gasteiger charge is 2.19. The number of amides is 1. The average molecular weight is 227 g/mol. The quantitative estimate of drug-likeness (QED) is 0.722. The van der Waals surface area contributed by atoms with E-state index in [1.165, 1.54) is 38.9 Å². The molecule has 4 nitrogen and oxygen atoms in total. The Balaban J connectivity index is 2.15. The zero-order chi connectivity index (χ0) is 12.0. The molecule has 4 heteroatoms. The van der Waals surface area contributed by atoms with Crippen LogP contribution in [0.25, 0.3) is 0 Å². The second kappa shape index (κ2) is 6.86. The summed E-state index contributed by atoms with van der Waals surface area (Å²) in [4.78, 5) is 13.8. The van der Waals surface area contributed by atoms with Crippen molar-refractivity contribution in [3.05, 3.63) is 0 Å². The van der Waals surface area contributed by atoms with E-state index in [0.717, 1.165) is 6.54 Å². The van der Waals surface area contributed by atoms with Crippen LogP contribution in [-0.4, -0.2) is 43.0 Å². The van der Waals surface area contributed by atoms with Crippen LogP contribution in [0.2, 0.25) is 0 Å². The Hall–Kier alpha value is -0.610. The van der Waals surface area contributed by atoms with Crippen molar-refractivity contribution in [1.82, 2.24) is 10.2 Å². The van der Waals surface area contributed by atoms with E-state index in [9.17, 15) is 4.79 Å². The van der Waals surface area contributed by atoms with Gasteiger partial charge in [0.15, 0.2) is 0 Å². The van der Waals surface area contributed by atoms with Gasteiger partial charge in [0.05, 0.1) is 6.04 Å². The number of nitrogens with two attached hydrogens (primary N) is 1. The highest BCUT2D eigenvalue weighted by atomic mass is 16.2. The van der Waals surface area contributed by atoms with Crippen LogP contribution in [0.5, 0.6) is 0 Å². The van der Waals surface area contributed by atoms with Crippen molar-refractivity contribution >= 4 is 5.91 Å². The Morgan fingerprint density at radius 1 is 1.50 bits per heavy atom. The predicted molar refractivity (Wildman–Crippen MR) is 66.1 cm³/mol. The molecule has 0 aromatic rings. The third-order valence-electron chi connectivity index (χ3n) is 3.23. The first-order valence-corrected chi connectivity index (χ1v) is 6.39. The van der Waals surface area contributed by atoms with Gasteiger partial charge in [0, 0.05) is 6.54 Å². The van der Waals surface area contributed by atoms with Gasteiger partial charge < -0.3 is 16.0 Å². The molecule has 1 atom stereocenters. The van der Waals surface area contributed by atoms with Crippen LogP contribution in [0.15, 0.2) is 0 Å². The summed E-state index contributed by atoms with van der Waals surface area (Å²) >= 11 is 0. The van der Waals surface area contributed by atoms with E-state index in [1.54, 1.807) is 6.92 Å². The monoisotopic (exact) mass is 227 g/mol. The van der Waals surface area contributed by atoms with Gasteiger partial charge in [0.1, 0.15) is 0 Å². The lowest BCUT2D eigenvalue weighted by molar-refractivity contribution is -0.122. The van der Waals surface area contributed by atoms with Crippen LogP contribution in [0.4, 0.5) is 0 Å². The Kier molecular flexibility index (Phi) is 5.77. The van der Waals surface area contributed by atoms with E-state index in [-0.39, 0.29) is 11.9 Å². The van der Waals surface area contributed by atoms with Crippen molar-refractivity contribution in [2.24, 2.45) is 11.7 Å². The summed E-state index contributed by atoms with van der Waals surface area (Å²) in [6.07, 6.45) is 3.62. The van der Waals surface area contributed by atoms with Crippen LogP contribution >= 0.6 is 0 Å². The van der Waals surface area contributed by atoms with Crippen LogP contribution < -0.4 is 11.1 Å². The van der Waals surface area contributed by atoms with Gasteiger partial charge in [-0.15, -0.1) is 0 Å². The molecule has 0 radical (unpaired) electrons. The largest absolute Gasteiger partial charge is 0.354 e. The van der Waals surface area contributed by atoms with Crippen molar-refractivity contribution in [1.29, 1.82) is 0 Å². The SMILES string of the molecule is CCCN1CCC(CNC(=O)C(C)N)CC1. The maximum absolute atomic E-state index is 11.3. The molecule has 1 aliphatic rings. The number of rotatable bonds is 5. The second-order valence-corrected chi connectivity index (χ2v) is 4.82. The molecule has 0 bridgehead atoms. The topological polar surface area (TPSA) is 58.4 Å². The Bertz CT molecular complexity index is 210. The second-order valence-electron chi connectivity index (χ2n) is 4.82. The number of carbonyl (C=O) groups is 1. The Morgan fingerprint density at radius 2 is 2.12 bits per heavy atom. The van der Waals surface area contributed by atoms with Crippen molar-refractivity contribution in [3.8, 4) is 0 Å². The normalized spacial score (nSPS) is 20.7.